The van der Waals surface area contributed by atoms with E-state index in [-0.39, 0.29) is 6.61 Å². The highest BCUT2D eigenvalue weighted by Gasteiger charge is 2.19. The summed E-state index contributed by atoms with van der Waals surface area (Å²) in [6.07, 6.45) is 0. The lowest BCUT2D eigenvalue weighted by atomic mass is 10.1. The molecule has 5 heteroatoms. The van der Waals surface area contributed by atoms with E-state index in [1.54, 1.807) is 4.90 Å². The fourth-order valence-corrected chi connectivity index (χ4v) is 1.65. The zero-order valence-electron chi connectivity index (χ0n) is 9.53. The molecule has 1 unspecified atom stereocenters. The van der Waals surface area contributed by atoms with Crippen molar-refractivity contribution in [3.05, 3.63) is 35.4 Å². The summed E-state index contributed by atoms with van der Waals surface area (Å²) < 4.78 is 25.9. The summed E-state index contributed by atoms with van der Waals surface area (Å²) in [6, 6.07) is 4.75. The van der Waals surface area contributed by atoms with Gasteiger partial charge >= 0.3 is 0 Å². The van der Waals surface area contributed by atoms with Crippen LogP contribution in [0, 0.1) is 23.0 Å². The second kappa shape index (κ2) is 6.28. The summed E-state index contributed by atoms with van der Waals surface area (Å²) in [7, 11) is 0. The summed E-state index contributed by atoms with van der Waals surface area (Å²) in [4.78, 5) is 1.69. The number of aliphatic hydroxyl groups is 1. The molecule has 1 atom stereocenters. The van der Waals surface area contributed by atoms with Crippen LogP contribution in [0.5, 0.6) is 0 Å². The molecule has 0 aliphatic heterocycles. The molecular weight excluding hydrogens is 226 g/mol. The third-order valence-electron chi connectivity index (χ3n) is 2.54. The fraction of sp³-hybridized carbons (Fsp3) is 0.417. The van der Waals surface area contributed by atoms with Gasteiger partial charge in [0, 0.05) is 6.54 Å². The number of hydrogen-bond donors (Lipinski definition) is 1. The molecule has 0 heterocycles. The molecule has 0 aliphatic carbocycles. The second-order valence-corrected chi connectivity index (χ2v) is 3.56. The second-order valence-electron chi connectivity index (χ2n) is 3.56. The van der Waals surface area contributed by atoms with E-state index >= 15 is 0 Å². The topological polar surface area (TPSA) is 47.3 Å². The fourth-order valence-electron chi connectivity index (χ4n) is 1.65. The summed E-state index contributed by atoms with van der Waals surface area (Å²) in [5.41, 5.74) is 0.390. The van der Waals surface area contributed by atoms with E-state index in [0.29, 0.717) is 18.7 Å². The van der Waals surface area contributed by atoms with E-state index in [0.717, 1.165) is 12.1 Å². The van der Waals surface area contributed by atoms with Crippen molar-refractivity contribution in [3.63, 3.8) is 0 Å². The van der Waals surface area contributed by atoms with E-state index in [9.17, 15) is 8.78 Å². The maximum absolute atomic E-state index is 13.1. The zero-order valence-corrected chi connectivity index (χ0v) is 9.53. The van der Waals surface area contributed by atoms with Gasteiger partial charge in [-0.1, -0.05) is 13.0 Å². The Labute approximate surface area is 98.9 Å². The molecule has 1 N–H and O–H groups in total. The third kappa shape index (κ3) is 3.22. The van der Waals surface area contributed by atoms with Crippen LogP contribution in [0.25, 0.3) is 0 Å². The molecule has 0 saturated heterocycles. The van der Waals surface area contributed by atoms with Crippen LogP contribution in [-0.4, -0.2) is 29.7 Å². The van der Waals surface area contributed by atoms with Crippen molar-refractivity contribution >= 4 is 0 Å². The third-order valence-corrected chi connectivity index (χ3v) is 2.54. The Morgan fingerprint density at radius 1 is 1.41 bits per heavy atom. The molecule has 0 saturated carbocycles. The molecular formula is C12H14F2N2O. The van der Waals surface area contributed by atoms with Crippen molar-refractivity contribution in [2.75, 3.05) is 19.7 Å². The number of nitrogens with zero attached hydrogens (tertiary/aromatic N) is 2. The van der Waals surface area contributed by atoms with E-state index in [4.69, 9.17) is 10.4 Å². The van der Waals surface area contributed by atoms with Crippen LogP contribution in [-0.2, 0) is 0 Å². The number of hydrogen-bond acceptors (Lipinski definition) is 3. The van der Waals surface area contributed by atoms with Crippen LogP contribution < -0.4 is 0 Å². The number of halogens is 2. The Morgan fingerprint density at radius 3 is 2.59 bits per heavy atom. The molecule has 0 radical (unpaired) electrons. The summed E-state index contributed by atoms with van der Waals surface area (Å²) in [5.74, 6) is -1.90. The van der Waals surface area contributed by atoms with Gasteiger partial charge in [-0.05, 0) is 24.2 Å². The van der Waals surface area contributed by atoms with Gasteiger partial charge < -0.3 is 5.11 Å². The van der Waals surface area contributed by atoms with Crippen LogP contribution >= 0.6 is 0 Å². The molecule has 1 aromatic rings. The highest BCUT2D eigenvalue weighted by atomic mass is 19.2. The van der Waals surface area contributed by atoms with Crippen molar-refractivity contribution in [2.24, 2.45) is 0 Å². The molecule has 3 nitrogen and oxygen atoms in total. The Bertz CT molecular complexity index is 417. The van der Waals surface area contributed by atoms with Crippen LogP contribution in [0.4, 0.5) is 8.78 Å². The molecule has 0 aliphatic rings. The maximum Gasteiger partial charge on any atom is 0.159 e. The van der Waals surface area contributed by atoms with Gasteiger partial charge in [-0.15, -0.1) is 0 Å². The quantitative estimate of drug-likeness (QED) is 0.854. The Hall–Kier alpha value is -1.51. The molecule has 0 fully saturated rings. The van der Waals surface area contributed by atoms with Gasteiger partial charge in [-0.25, -0.2) is 8.78 Å². The minimum Gasteiger partial charge on any atom is -0.395 e. The first-order valence-electron chi connectivity index (χ1n) is 5.33. The van der Waals surface area contributed by atoms with Gasteiger partial charge in [-0.2, -0.15) is 5.26 Å². The molecule has 92 valence electrons. The normalized spacial score (nSPS) is 12.5. The van der Waals surface area contributed by atoms with Gasteiger partial charge in [0.05, 0.1) is 12.7 Å². The smallest absolute Gasteiger partial charge is 0.159 e. The number of likely N-dealkylation sites (N-methyl/N-ethyl adjacent to an activating group) is 1. The Kier molecular flexibility index (Phi) is 5.01. The van der Waals surface area contributed by atoms with Crippen molar-refractivity contribution in [3.8, 4) is 6.07 Å². The lowest BCUT2D eigenvalue weighted by Crippen LogP contribution is -2.30. The molecule has 0 amide bonds. The monoisotopic (exact) mass is 240 g/mol. The minimum absolute atomic E-state index is 0.0876. The maximum atomic E-state index is 13.1. The van der Waals surface area contributed by atoms with Crippen molar-refractivity contribution in [1.82, 2.24) is 4.90 Å². The first-order valence-corrected chi connectivity index (χ1v) is 5.33. The van der Waals surface area contributed by atoms with Crippen LogP contribution in [0.2, 0.25) is 0 Å². The average molecular weight is 240 g/mol. The van der Waals surface area contributed by atoms with Crippen LogP contribution in [0.1, 0.15) is 18.5 Å². The minimum atomic E-state index is -0.970. The molecule has 0 spiro atoms. The molecule has 1 rings (SSSR count). The SMILES string of the molecule is CCN(CCO)C(C#N)c1ccc(F)c(F)c1. The Balaban J connectivity index is 3.00. The largest absolute Gasteiger partial charge is 0.395 e. The highest BCUT2D eigenvalue weighted by molar-refractivity contribution is 5.25. The predicted octanol–water partition coefficient (Wildman–Crippen LogP) is 1.84. The summed E-state index contributed by atoms with van der Waals surface area (Å²) in [6.45, 7) is 2.60. The van der Waals surface area contributed by atoms with Gasteiger partial charge in [-0.3, -0.25) is 4.90 Å². The molecule has 17 heavy (non-hydrogen) atoms. The Morgan fingerprint density at radius 2 is 2.12 bits per heavy atom. The highest BCUT2D eigenvalue weighted by Crippen LogP contribution is 2.21. The van der Waals surface area contributed by atoms with Crippen molar-refractivity contribution < 1.29 is 13.9 Å². The van der Waals surface area contributed by atoms with E-state index in [1.165, 1.54) is 6.07 Å². The molecule has 0 aromatic heterocycles. The lowest BCUT2D eigenvalue weighted by molar-refractivity contribution is 0.180. The number of benzene rings is 1. The van der Waals surface area contributed by atoms with Gasteiger partial charge in [0.2, 0.25) is 0 Å². The van der Waals surface area contributed by atoms with Crippen molar-refractivity contribution in [1.29, 1.82) is 5.26 Å². The molecule has 0 bridgehead atoms. The predicted molar refractivity (Wildman–Crippen MR) is 59.0 cm³/mol. The lowest BCUT2D eigenvalue weighted by Gasteiger charge is -2.25. The zero-order chi connectivity index (χ0) is 12.8. The van der Waals surface area contributed by atoms with Crippen LogP contribution in [0.15, 0.2) is 18.2 Å². The number of aliphatic hydroxyl groups excluding tert-OH is 1. The van der Waals surface area contributed by atoms with Gasteiger partial charge in [0.25, 0.3) is 0 Å². The van der Waals surface area contributed by atoms with Crippen LogP contribution in [0.3, 0.4) is 0 Å². The average Bonchev–Trinajstić information content (AvgIpc) is 2.33. The first-order chi connectivity index (χ1) is 8.13. The molecule has 1 aromatic carbocycles. The first kappa shape index (κ1) is 13.6. The number of nitriles is 1. The van der Waals surface area contributed by atoms with Gasteiger partial charge in [0.1, 0.15) is 6.04 Å². The van der Waals surface area contributed by atoms with Gasteiger partial charge in [0.15, 0.2) is 11.6 Å². The summed E-state index contributed by atoms with van der Waals surface area (Å²) in [5, 5.41) is 18.0. The van der Waals surface area contributed by atoms with Crippen molar-refractivity contribution in [2.45, 2.75) is 13.0 Å². The number of rotatable bonds is 5. The standard InChI is InChI=1S/C12H14F2N2O/c1-2-16(5-6-17)12(8-15)9-3-4-10(13)11(14)7-9/h3-4,7,12,17H,2,5-6H2,1H3. The van der Waals surface area contributed by atoms with E-state index in [2.05, 4.69) is 0 Å². The summed E-state index contributed by atoms with van der Waals surface area (Å²) >= 11 is 0. The van der Waals surface area contributed by atoms with E-state index < -0.39 is 17.7 Å². The van der Waals surface area contributed by atoms with E-state index in [1.807, 2.05) is 13.0 Å².